The van der Waals surface area contributed by atoms with Crippen LogP contribution >= 0.6 is 0 Å². The summed E-state index contributed by atoms with van der Waals surface area (Å²) in [4.78, 5) is 9.30. The van der Waals surface area contributed by atoms with Gasteiger partial charge in [-0.25, -0.2) is 0 Å². The highest BCUT2D eigenvalue weighted by molar-refractivity contribution is 5.21. The van der Waals surface area contributed by atoms with Crippen LogP contribution in [0.15, 0.2) is 36.3 Å². The molecule has 0 aromatic rings. The van der Waals surface area contributed by atoms with Crippen molar-refractivity contribution in [2.75, 3.05) is 0 Å². The quantitative estimate of drug-likeness (QED) is 0.386. The number of nitro groups is 1. The average Bonchev–Trinajstić information content (AvgIpc) is 2.15. The summed E-state index contributed by atoms with van der Waals surface area (Å²) in [5.74, 6) is -0.923. The minimum atomic E-state index is -0.923. The van der Waals surface area contributed by atoms with Gasteiger partial charge in [-0.05, 0) is 13.0 Å². The van der Waals surface area contributed by atoms with E-state index in [0.717, 1.165) is 12.2 Å². The zero-order valence-electron chi connectivity index (χ0n) is 8.08. The smallest absolute Gasteiger partial charge is 0.258 e. The zero-order valence-corrected chi connectivity index (χ0v) is 8.08. The SMILES string of the molecule is C=C/C(F)=C(\C=C/C)[N+](=O)[O-].CC. The molecule has 74 valence electrons. The highest BCUT2D eigenvalue weighted by atomic mass is 19.1. The summed E-state index contributed by atoms with van der Waals surface area (Å²) in [5.41, 5.74) is -0.567. The zero-order chi connectivity index (χ0) is 10.9. The van der Waals surface area contributed by atoms with Crippen molar-refractivity contribution in [2.24, 2.45) is 0 Å². The first-order chi connectivity index (χ1) is 6.13. The van der Waals surface area contributed by atoms with Gasteiger partial charge in [-0.2, -0.15) is 4.39 Å². The standard InChI is InChI=1S/C7H8FNO2.C2H6/c1-3-5-7(9(10)11)6(8)4-2;1-2/h3-5H,2H2,1H3;1-2H3/b5-3-,7-6-;. The van der Waals surface area contributed by atoms with Crippen molar-refractivity contribution in [3.63, 3.8) is 0 Å². The molecular weight excluding hydrogens is 173 g/mol. The third-order valence-corrected chi connectivity index (χ3v) is 0.945. The van der Waals surface area contributed by atoms with Gasteiger partial charge in [0.05, 0.1) is 4.92 Å². The summed E-state index contributed by atoms with van der Waals surface area (Å²) in [6.45, 7) is 8.64. The van der Waals surface area contributed by atoms with E-state index in [1.807, 2.05) is 13.8 Å². The molecule has 4 heteroatoms. The lowest BCUT2D eigenvalue weighted by atomic mass is 10.3. The Kier molecular flexibility index (Phi) is 9.37. The Morgan fingerprint density at radius 3 is 2.23 bits per heavy atom. The van der Waals surface area contributed by atoms with E-state index in [1.54, 1.807) is 6.92 Å². The Morgan fingerprint density at radius 2 is 2.00 bits per heavy atom. The summed E-state index contributed by atoms with van der Waals surface area (Å²) < 4.78 is 12.5. The van der Waals surface area contributed by atoms with Crippen LogP contribution in [0, 0.1) is 10.1 Å². The number of allylic oxidation sites excluding steroid dienone is 4. The summed E-state index contributed by atoms with van der Waals surface area (Å²) in [7, 11) is 0. The van der Waals surface area contributed by atoms with E-state index < -0.39 is 16.4 Å². The van der Waals surface area contributed by atoms with Crippen molar-refractivity contribution in [2.45, 2.75) is 20.8 Å². The van der Waals surface area contributed by atoms with E-state index in [2.05, 4.69) is 6.58 Å². The van der Waals surface area contributed by atoms with Crippen molar-refractivity contribution in [3.05, 3.63) is 46.4 Å². The van der Waals surface area contributed by atoms with E-state index in [1.165, 1.54) is 6.08 Å². The van der Waals surface area contributed by atoms with Gasteiger partial charge in [0.15, 0.2) is 5.83 Å². The molecule has 0 heterocycles. The van der Waals surface area contributed by atoms with Crippen molar-refractivity contribution < 1.29 is 9.31 Å². The number of hydrogen-bond donors (Lipinski definition) is 0. The summed E-state index contributed by atoms with van der Waals surface area (Å²) in [5, 5.41) is 10.1. The Morgan fingerprint density at radius 1 is 1.54 bits per heavy atom. The van der Waals surface area contributed by atoms with Gasteiger partial charge in [0.2, 0.25) is 0 Å². The molecule has 0 amide bonds. The fraction of sp³-hybridized carbons (Fsp3) is 0.333. The summed E-state index contributed by atoms with van der Waals surface area (Å²) in [6, 6.07) is 0. The van der Waals surface area contributed by atoms with E-state index in [-0.39, 0.29) is 0 Å². The molecule has 0 aliphatic heterocycles. The van der Waals surface area contributed by atoms with Gasteiger partial charge in [-0.1, -0.05) is 26.5 Å². The Bertz CT molecular complexity index is 232. The predicted octanol–water partition coefficient (Wildman–Crippen LogP) is 3.23. The Hall–Kier alpha value is -1.45. The molecule has 0 radical (unpaired) electrons. The van der Waals surface area contributed by atoms with Crippen molar-refractivity contribution in [1.82, 2.24) is 0 Å². The number of halogens is 1. The van der Waals surface area contributed by atoms with Crippen molar-refractivity contribution in [3.8, 4) is 0 Å². The fourth-order valence-corrected chi connectivity index (χ4v) is 0.490. The van der Waals surface area contributed by atoms with Crippen LogP contribution in [0.25, 0.3) is 0 Å². The van der Waals surface area contributed by atoms with E-state index in [4.69, 9.17) is 0 Å². The Balaban J connectivity index is 0. The minimum Gasteiger partial charge on any atom is -0.258 e. The van der Waals surface area contributed by atoms with Crippen LogP contribution < -0.4 is 0 Å². The van der Waals surface area contributed by atoms with Gasteiger partial charge in [0.25, 0.3) is 0 Å². The van der Waals surface area contributed by atoms with Gasteiger partial charge in [-0.3, -0.25) is 10.1 Å². The fourth-order valence-electron chi connectivity index (χ4n) is 0.490. The van der Waals surface area contributed by atoms with E-state index in [9.17, 15) is 14.5 Å². The molecule has 0 fully saturated rings. The summed E-state index contributed by atoms with van der Waals surface area (Å²) in [6.07, 6.45) is 3.27. The predicted molar refractivity (Wildman–Crippen MR) is 51.5 cm³/mol. The topological polar surface area (TPSA) is 43.1 Å². The van der Waals surface area contributed by atoms with Crippen LogP contribution in [0.4, 0.5) is 4.39 Å². The van der Waals surface area contributed by atoms with E-state index in [0.29, 0.717) is 0 Å². The monoisotopic (exact) mass is 187 g/mol. The first kappa shape index (κ1) is 14.1. The van der Waals surface area contributed by atoms with Crippen LogP contribution in [0.3, 0.4) is 0 Å². The molecule has 0 aliphatic rings. The van der Waals surface area contributed by atoms with Crippen LogP contribution in [-0.4, -0.2) is 4.92 Å². The lowest BCUT2D eigenvalue weighted by Crippen LogP contribution is -1.96. The minimum absolute atomic E-state index is 0.567. The third-order valence-electron chi connectivity index (χ3n) is 0.945. The maximum atomic E-state index is 12.5. The second-order valence-corrected chi connectivity index (χ2v) is 1.69. The molecular formula is C9H14FNO2. The van der Waals surface area contributed by atoms with Gasteiger partial charge < -0.3 is 0 Å². The molecule has 0 aliphatic carbocycles. The average molecular weight is 187 g/mol. The molecule has 0 bridgehead atoms. The molecule has 13 heavy (non-hydrogen) atoms. The molecule has 0 N–H and O–H groups in total. The van der Waals surface area contributed by atoms with Gasteiger partial charge in [0, 0.05) is 6.08 Å². The highest BCUT2D eigenvalue weighted by Crippen LogP contribution is 2.08. The van der Waals surface area contributed by atoms with Gasteiger partial charge in [0.1, 0.15) is 0 Å². The third kappa shape index (κ3) is 5.78. The molecule has 0 aromatic heterocycles. The van der Waals surface area contributed by atoms with Gasteiger partial charge in [-0.15, -0.1) is 0 Å². The highest BCUT2D eigenvalue weighted by Gasteiger charge is 2.11. The molecule has 0 spiro atoms. The second-order valence-electron chi connectivity index (χ2n) is 1.69. The maximum Gasteiger partial charge on any atom is 0.304 e. The molecule has 0 saturated heterocycles. The molecule has 0 atom stereocenters. The van der Waals surface area contributed by atoms with Crippen LogP contribution in [-0.2, 0) is 0 Å². The lowest BCUT2D eigenvalue weighted by molar-refractivity contribution is -0.421. The first-order valence-electron chi connectivity index (χ1n) is 3.92. The summed E-state index contributed by atoms with van der Waals surface area (Å²) >= 11 is 0. The molecule has 0 rings (SSSR count). The molecule has 0 unspecified atom stereocenters. The van der Waals surface area contributed by atoms with E-state index >= 15 is 0 Å². The van der Waals surface area contributed by atoms with Crippen molar-refractivity contribution in [1.29, 1.82) is 0 Å². The maximum absolute atomic E-state index is 12.5. The van der Waals surface area contributed by atoms with Gasteiger partial charge >= 0.3 is 5.70 Å². The van der Waals surface area contributed by atoms with Crippen LogP contribution in [0.2, 0.25) is 0 Å². The second kappa shape index (κ2) is 8.64. The van der Waals surface area contributed by atoms with Crippen LogP contribution in [0.1, 0.15) is 20.8 Å². The number of nitrogens with zero attached hydrogens (tertiary/aromatic N) is 1. The molecule has 0 saturated carbocycles. The molecule has 0 aromatic carbocycles. The largest absolute Gasteiger partial charge is 0.304 e. The van der Waals surface area contributed by atoms with Crippen LogP contribution in [0.5, 0.6) is 0 Å². The Labute approximate surface area is 77.4 Å². The number of hydrogen-bond acceptors (Lipinski definition) is 2. The lowest BCUT2D eigenvalue weighted by Gasteiger charge is -1.89. The first-order valence-corrected chi connectivity index (χ1v) is 3.92. The van der Waals surface area contributed by atoms with Crippen molar-refractivity contribution >= 4 is 0 Å². The molecule has 3 nitrogen and oxygen atoms in total. The normalized spacial score (nSPS) is 11.4. The number of rotatable bonds is 3.